The third-order valence-electron chi connectivity index (χ3n) is 4.13. The topological polar surface area (TPSA) is 78.5 Å². The molecule has 2 heterocycles. The van der Waals surface area contributed by atoms with Crippen molar-refractivity contribution in [1.29, 1.82) is 0 Å². The molecular weight excluding hydrogens is 360 g/mol. The van der Waals surface area contributed by atoms with Crippen LogP contribution < -0.4 is 5.56 Å². The SMILES string of the molecule is CCCn1nnnc1CSc1nc2ccccc2c(=O)n1-c1ccccc1. The molecule has 0 atom stereocenters. The van der Waals surface area contributed by atoms with Crippen molar-refractivity contribution in [1.82, 2.24) is 29.8 Å². The number of benzene rings is 2. The zero-order valence-corrected chi connectivity index (χ0v) is 15.6. The molecule has 27 heavy (non-hydrogen) atoms. The third-order valence-corrected chi connectivity index (χ3v) is 5.07. The van der Waals surface area contributed by atoms with Crippen LogP contribution in [0.1, 0.15) is 19.2 Å². The fraction of sp³-hybridized carbons (Fsp3) is 0.211. The fourth-order valence-electron chi connectivity index (χ4n) is 2.86. The quantitative estimate of drug-likeness (QED) is 0.379. The lowest BCUT2D eigenvalue weighted by Crippen LogP contribution is -2.21. The molecule has 0 fully saturated rings. The van der Waals surface area contributed by atoms with Crippen molar-refractivity contribution >= 4 is 22.7 Å². The minimum Gasteiger partial charge on any atom is -0.268 e. The van der Waals surface area contributed by atoms with E-state index in [1.54, 1.807) is 15.3 Å². The zero-order chi connectivity index (χ0) is 18.6. The van der Waals surface area contributed by atoms with Gasteiger partial charge >= 0.3 is 0 Å². The highest BCUT2D eigenvalue weighted by Gasteiger charge is 2.15. The van der Waals surface area contributed by atoms with Crippen molar-refractivity contribution in [3.63, 3.8) is 0 Å². The maximum atomic E-state index is 13.1. The van der Waals surface area contributed by atoms with Gasteiger partial charge in [0.25, 0.3) is 5.56 Å². The molecule has 4 aromatic rings. The van der Waals surface area contributed by atoms with Crippen molar-refractivity contribution < 1.29 is 0 Å². The van der Waals surface area contributed by atoms with Gasteiger partial charge in [0.15, 0.2) is 11.0 Å². The van der Waals surface area contributed by atoms with Gasteiger partial charge in [0.2, 0.25) is 0 Å². The largest absolute Gasteiger partial charge is 0.268 e. The van der Waals surface area contributed by atoms with E-state index >= 15 is 0 Å². The van der Waals surface area contributed by atoms with E-state index in [9.17, 15) is 4.79 Å². The number of fused-ring (bicyclic) bond motifs is 1. The predicted octanol–water partition coefficient (Wildman–Crippen LogP) is 3.07. The predicted molar refractivity (Wildman–Crippen MR) is 105 cm³/mol. The van der Waals surface area contributed by atoms with E-state index in [-0.39, 0.29) is 5.56 Å². The van der Waals surface area contributed by atoms with E-state index < -0.39 is 0 Å². The van der Waals surface area contributed by atoms with Crippen LogP contribution in [0.5, 0.6) is 0 Å². The minimum absolute atomic E-state index is 0.0811. The Kier molecular flexibility index (Phi) is 4.97. The summed E-state index contributed by atoms with van der Waals surface area (Å²) in [5.74, 6) is 1.30. The number of tetrazole rings is 1. The Bertz CT molecular complexity index is 1120. The maximum absolute atomic E-state index is 13.1. The second kappa shape index (κ2) is 7.71. The van der Waals surface area contributed by atoms with Crippen LogP contribution in [0.2, 0.25) is 0 Å². The van der Waals surface area contributed by atoms with Crippen LogP contribution >= 0.6 is 11.8 Å². The molecule has 0 aliphatic rings. The number of aromatic nitrogens is 6. The number of rotatable bonds is 6. The molecule has 0 amide bonds. The van der Waals surface area contributed by atoms with Crippen LogP contribution in [-0.2, 0) is 12.3 Å². The molecule has 0 radical (unpaired) electrons. The van der Waals surface area contributed by atoms with Gasteiger partial charge in [-0.25, -0.2) is 9.67 Å². The Balaban J connectivity index is 1.79. The standard InChI is InChI=1S/C19H18N6OS/c1-2-12-24-17(21-22-23-24)13-27-19-20-16-11-7-6-10-15(16)18(26)25(19)14-8-4-3-5-9-14/h3-11H,2,12-13H2,1H3. The van der Waals surface area contributed by atoms with Crippen molar-refractivity contribution in [3.05, 3.63) is 70.8 Å². The molecule has 0 aliphatic carbocycles. The number of para-hydroxylation sites is 2. The van der Waals surface area contributed by atoms with Crippen molar-refractivity contribution in [2.24, 2.45) is 0 Å². The number of hydrogen-bond acceptors (Lipinski definition) is 6. The van der Waals surface area contributed by atoms with Gasteiger partial charge in [0, 0.05) is 6.54 Å². The Morgan fingerprint density at radius 2 is 1.81 bits per heavy atom. The Hall–Kier alpha value is -3.00. The lowest BCUT2D eigenvalue weighted by atomic mass is 10.2. The first-order valence-corrected chi connectivity index (χ1v) is 9.71. The molecular formula is C19H18N6OS. The summed E-state index contributed by atoms with van der Waals surface area (Å²) in [7, 11) is 0. The van der Waals surface area contributed by atoms with Gasteiger partial charge in [-0.15, -0.1) is 5.10 Å². The molecule has 7 nitrogen and oxygen atoms in total. The van der Waals surface area contributed by atoms with E-state index in [1.165, 1.54) is 11.8 Å². The highest BCUT2D eigenvalue weighted by atomic mass is 32.2. The first-order chi connectivity index (χ1) is 13.3. The maximum Gasteiger partial charge on any atom is 0.266 e. The van der Waals surface area contributed by atoms with E-state index in [0.29, 0.717) is 21.8 Å². The Morgan fingerprint density at radius 3 is 2.63 bits per heavy atom. The van der Waals surface area contributed by atoms with Gasteiger partial charge in [0.05, 0.1) is 22.3 Å². The Morgan fingerprint density at radius 1 is 1.04 bits per heavy atom. The van der Waals surface area contributed by atoms with Gasteiger partial charge in [-0.3, -0.25) is 9.36 Å². The van der Waals surface area contributed by atoms with Crippen molar-refractivity contribution in [3.8, 4) is 5.69 Å². The molecule has 0 bridgehead atoms. The summed E-state index contributed by atoms with van der Waals surface area (Å²) >= 11 is 1.46. The monoisotopic (exact) mass is 378 g/mol. The van der Waals surface area contributed by atoms with Crippen molar-refractivity contribution in [2.45, 2.75) is 30.8 Å². The second-order valence-corrected chi connectivity index (χ2v) is 6.94. The summed E-state index contributed by atoms with van der Waals surface area (Å²) in [5, 5.41) is 13.1. The summed E-state index contributed by atoms with van der Waals surface area (Å²) < 4.78 is 3.44. The molecule has 0 saturated heterocycles. The zero-order valence-electron chi connectivity index (χ0n) is 14.8. The minimum atomic E-state index is -0.0811. The molecule has 136 valence electrons. The van der Waals surface area contributed by atoms with E-state index in [2.05, 4.69) is 22.4 Å². The molecule has 4 rings (SSSR count). The van der Waals surface area contributed by atoms with Gasteiger partial charge < -0.3 is 0 Å². The first kappa shape index (κ1) is 17.4. The summed E-state index contributed by atoms with van der Waals surface area (Å²) in [5.41, 5.74) is 1.39. The van der Waals surface area contributed by atoms with Crippen LogP contribution in [0.3, 0.4) is 0 Å². The number of aryl methyl sites for hydroxylation is 1. The van der Waals surface area contributed by atoms with Gasteiger partial charge in [0.1, 0.15) is 0 Å². The second-order valence-electron chi connectivity index (χ2n) is 5.99. The normalized spacial score (nSPS) is 11.1. The summed E-state index contributed by atoms with van der Waals surface area (Å²) in [6, 6.07) is 17.0. The highest BCUT2D eigenvalue weighted by molar-refractivity contribution is 7.98. The van der Waals surface area contributed by atoms with Crippen LogP contribution in [0.4, 0.5) is 0 Å². The lowest BCUT2D eigenvalue weighted by molar-refractivity contribution is 0.564. The van der Waals surface area contributed by atoms with Crippen LogP contribution in [0, 0.1) is 0 Å². The van der Waals surface area contributed by atoms with Gasteiger partial charge in [-0.2, -0.15) is 0 Å². The van der Waals surface area contributed by atoms with Crippen LogP contribution in [-0.4, -0.2) is 29.8 Å². The van der Waals surface area contributed by atoms with Gasteiger partial charge in [-0.05, 0) is 41.1 Å². The molecule has 0 N–H and O–H groups in total. The number of hydrogen-bond donors (Lipinski definition) is 0. The Labute approximate surface area is 160 Å². The molecule has 2 aromatic heterocycles. The van der Waals surface area contributed by atoms with E-state index in [1.807, 2.05) is 48.5 Å². The summed E-state index contributed by atoms with van der Waals surface area (Å²) in [6.45, 7) is 2.84. The number of thioether (sulfide) groups is 1. The van der Waals surface area contributed by atoms with E-state index in [4.69, 9.17) is 4.98 Å². The smallest absolute Gasteiger partial charge is 0.266 e. The lowest BCUT2D eigenvalue weighted by Gasteiger charge is -2.13. The van der Waals surface area contributed by atoms with E-state index in [0.717, 1.165) is 24.5 Å². The molecule has 0 spiro atoms. The molecule has 8 heteroatoms. The van der Waals surface area contributed by atoms with Crippen molar-refractivity contribution in [2.75, 3.05) is 0 Å². The van der Waals surface area contributed by atoms with Crippen LogP contribution in [0.25, 0.3) is 16.6 Å². The summed E-state index contributed by atoms with van der Waals surface area (Å²) in [4.78, 5) is 17.9. The first-order valence-electron chi connectivity index (χ1n) is 8.73. The fourth-order valence-corrected chi connectivity index (χ4v) is 3.80. The molecule has 2 aromatic carbocycles. The highest BCUT2D eigenvalue weighted by Crippen LogP contribution is 2.23. The third kappa shape index (κ3) is 3.48. The van der Waals surface area contributed by atoms with Gasteiger partial charge in [-0.1, -0.05) is 49.0 Å². The summed E-state index contributed by atoms with van der Waals surface area (Å²) in [6.07, 6.45) is 0.950. The molecule has 0 unspecified atom stereocenters. The average molecular weight is 378 g/mol. The molecule has 0 aliphatic heterocycles. The molecule has 0 saturated carbocycles. The van der Waals surface area contributed by atoms with Crippen LogP contribution in [0.15, 0.2) is 64.5 Å². The average Bonchev–Trinajstić information content (AvgIpc) is 3.15. The number of nitrogens with zero attached hydrogens (tertiary/aromatic N) is 6.